The van der Waals surface area contributed by atoms with Gasteiger partial charge in [-0.3, -0.25) is 13.9 Å². The molecule has 2 N–H and O–H groups in total. The van der Waals surface area contributed by atoms with Crippen LogP contribution in [-0.4, -0.2) is 27.3 Å². The molecule has 1 aliphatic rings. The number of hydrogen-bond donors (Lipinski definition) is 2. The summed E-state index contributed by atoms with van der Waals surface area (Å²) in [7, 11) is -2.36. The topological polar surface area (TPSA) is 95.6 Å². The van der Waals surface area contributed by atoms with Gasteiger partial charge in [0.15, 0.2) is 0 Å². The van der Waals surface area contributed by atoms with Gasteiger partial charge >= 0.3 is 0 Å². The SMILES string of the molecule is Cc1cccc(N(C)S(=O)(=O)c2ccc3c(c2)NC(=O)[C@H](C)C(=O)N3)c1. The van der Waals surface area contributed by atoms with E-state index < -0.39 is 27.8 Å². The molecule has 0 fully saturated rings. The number of carbonyl (C=O) groups excluding carboxylic acids is 2. The van der Waals surface area contributed by atoms with Crippen LogP contribution < -0.4 is 14.9 Å². The quantitative estimate of drug-likeness (QED) is 0.807. The van der Waals surface area contributed by atoms with E-state index in [0.717, 1.165) is 5.56 Å². The third-order valence-corrected chi connectivity index (χ3v) is 6.10. The van der Waals surface area contributed by atoms with Gasteiger partial charge in [-0.15, -0.1) is 0 Å². The summed E-state index contributed by atoms with van der Waals surface area (Å²) in [6.07, 6.45) is 0. The minimum atomic E-state index is -3.83. The maximum atomic E-state index is 13.0. The molecule has 7 nitrogen and oxygen atoms in total. The highest BCUT2D eigenvalue weighted by atomic mass is 32.2. The van der Waals surface area contributed by atoms with Crippen molar-refractivity contribution in [1.29, 1.82) is 0 Å². The minimum Gasteiger partial charge on any atom is -0.324 e. The number of fused-ring (bicyclic) bond motifs is 1. The number of aryl methyl sites for hydroxylation is 1. The molecule has 0 spiro atoms. The van der Waals surface area contributed by atoms with E-state index in [2.05, 4.69) is 10.6 Å². The Balaban J connectivity index is 2.01. The standard InChI is InChI=1S/C18H19N3O4S/c1-11-5-4-6-13(9-11)21(3)26(24,25)14-7-8-15-16(10-14)20-18(23)12(2)17(22)19-15/h4-10,12H,1-3H3,(H,19,22)(H,20,23)/t12-/m1/s1. The van der Waals surface area contributed by atoms with Crippen LogP contribution in [0.4, 0.5) is 17.1 Å². The summed E-state index contributed by atoms with van der Waals surface area (Å²) in [6, 6.07) is 11.4. The second kappa shape index (κ2) is 6.45. The number of carbonyl (C=O) groups is 2. The van der Waals surface area contributed by atoms with Crippen LogP contribution in [0.2, 0.25) is 0 Å². The van der Waals surface area contributed by atoms with Crippen LogP contribution in [0, 0.1) is 12.8 Å². The lowest BCUT2D eigenvalue weighted by Crippen LogP contribution is -2.28. The van der Waals surface area contributed by atoms with Gasteiger partial charge in [0.05, 0.1) is 22.0 Å². The lowest BCUT2D eigenvalue weighted by Gasteiger charge is -2.20. The molecule has 0 aromatic heterocycles. The summed E-state index contributed by atoms with van der Waals surface area (Å²) in [6.45, 7) is 3.37. The van der Waals surface area contributed by atoms with Crippen LogP contribution in [0.25, 0.3) is 0 Å². The predicted octanol–water partition coefficient (Wildman–Crippen LogP) is 2.35. The van der Waals surface area contributed by atoms with Gasteiger partial charge in [0.1, 0.15) is 5.92 Å². The maximum Gasteiger partial charge on any atom is 0.264 e. The van der Waals surface area contributed by atoms with Crippen LogP contribution in [0.5, 0.6) is 0 Å². The Morgan fingerprint density at radius 1 is 0.962 bits per heavy atom. The van der Waals surface area contributed by atoms with Gasteiger partial charge in [0.25, 0.3) is 10.0 Å². The number of anilines is 3. The van der Waals surface area contributed by atoms with Gasteiger partial charge in [-0.1, -0.05) is 12.1 Å². The Morgan fingerprint density at radius 3 is 2.27 bits per heavy atom. The van der Waals surface area contributed by atoms with Crippen molar-refractivity contribution in [2.75, 3.05) is 22.0 Å². The summed E-state index contributed by atoms with van der Waals surface area (Å²) in [5.74, 6) is -1.78. The fourth-order valence-corrected chi connectivity index (χ4v) is 3.83. The van der Waals surface area contributed by atoms with Crippen molar-refractivity contribution in [2.45, 2.75) is 18.7 Å². The van der Waals surface area contributed by atoms with E-state index in [1.165, 1.54) is 36.5 Å². The third-order valence-electron chi connectivity index (χ3n) is 4.32. The van der Waals surface area contributed by atoms with Crippen LogP contribution in [0.1, 0.15) is 12.5 Å². The molecule has 0 saturated carbocycles. The molecule has 2 amide bonds. The summed E-state index contributed by atoms with van der Waals surface area (Å²) >= 11 is 0. The maximum absolute atomic E-state index is 13.0. The van der Waals surface area contributed by atoms with Crippen molar-refractivity contribution in [3.8, 4) is 0 Å². The number of rotatable bonds is 3. The van der Waals surface area contributed by atoms with Crippen molar-refractivity contribution < 1.29 is 18.0 Å². The number of hydrogen-bond acceptors (Lipinski definition) is 4. The highest BCUT2D eigenvalue weighted by Crippen LogP contribution is 2.31. The molecular formula is C18H19N3O4S. The second-order valence-corrected chi connectivity index (χ2v) is 8.19. The number of nitrogens with zero attached hydrogens (tertiary/aromatic N) is 1. The van der Waals surface area contributed by atoms with E-state index in [1.54, 1.807) is 18.2 Å². The molecule has 0 aliphatic carbocycles. The zero-order valence-corrected chi connectivity index (χ0v) is 15.4. The molecule has 3 rings (SSSR count). The van der Waals surface area contributed by atoms with E-state index in [-0.39, 0.29) is 10.6 Å². The van der Waals surface area contributed by atoms with Crippen LogP contribution in [0.3, 0.4) is 0 Å². The summed E-state index contributed by atoms with van der Waals surface area (Å²) in [5.41, 5.74) is 2.10. The van der Waals surface area contributed by atoms with E-state index in [1.807, 2.05) is 13.0 Å². The van der Waals surface area contributed by atoms with Crippen molar-refractivity contribution >= 4 is 38.9 Å². The molecule has 1 heterocycles. The first-order valence-electron chi connectivity index (χ1n) is 8.01. The van der Waals surface area contributed by atoms with E-state index >= 15 is 0 Å². The molecule has 0 unspecified atom stereocenters. The van der Waals surface area contributed by atoms with Crippen LogP contribution in [0.15, 0.2) is 47.4 Å². The summed E-state index contributed by atoms with van der Waals surface area (Å²) < 4.78 is 27.1. The fourth-order valence-electron chi connectivity index (χ4n) is 2.62. The summed E-state index contributed by atoms with van der Waals surface area (Å²) in [4.78, 5) is 23.9. The zero-order valence-electron chi connectivity index (χ0n) is 14.6. The van der Waals surface area contributed by atoms with Gasteiger partial charge in [-0.2, -0.15) is 0 Å². The Kier molecular flexibility index (Phi) is 4.45. The highest BCUT2D eigenvalue weighted by molar-refractivity contribution is 7.92. The molecular weight excluding hydrogens is 354 g/mol. The highest BCUT2D eigenvalue weighted by Gasteiger charge is 2.29. The van der Waals surface area contributed by atoms with Gasteiger partial charge < -0.3 is 10.6 Å². The molecule has 2 aromatic rings. The summed E-state index contributed by atoms with van der Waals surface area (Å²) in [5, 5.41) is 5.22. The monoisotopic (exact) mass is 373 g/mol. The Hall–Kier alpha value is -2.87. The van der Waals surface area contributed by atoms with Gasteiger partial charge in [0, 0.05) is 7.05 Å². The first-order chi connectivity index (χ1) is 12.2. The van der Waals surface area contributed by atoms with E-state index in [9.17, 15) is 18.0 Å². The Bertz CT molecular complexity index is 1000. The number of benzene rings is 2. The lowest BCUT2D eigenvalue weighted by molar-refractivity contribution is -0.128. The van der Waals surface area contributed by atoms with Gasteiger partial charge in [-0.25, -0.2) is 8.42 Å². The van der Waals surface area contributed by atoms with Crippen molar-refractivity contribution in [3.63, 3.8) is 0 Å². The molecule has 8 heteroatoms. The second-order valence-electron chi connectivity index (χ2n) is 6.22. The average Bonchev–Trinajstić information content (AvgIpc) is 2.71. The largest absolute Gasteiger partial charge is 0.324 e. The Morgan fingerprint density at radius 2 is 1.62 bits per heavy atom. The van der Waals surface area contributed by atoms with E-state index in [0.29, 0.717) is 11.4 Å². The lowest BCUT2D eigenvalue weighted by atomic mass is 10.1. The number of nitrogens with one attached hydrogen (secondary N) is 2. The Labute approximate surface area is 152 Å². The first kappa shape index (κ1) is 17.9. The number of amides is 2. The molecule has 1 aliphatic heterocycles. The molecule has 0 saturated heterocycles. The van der Waals surface area contributed by atoms with Crippen LogP contribution in [-0.2, 0) is 19.6 Å². The molecule has 136 valence electrons. The number of sulfonamides is 1. The van der Waals surface area contributed by atoms with Crippen molar-refractivity contribution in [1.82, 2.24) is 0 Å². The normalized spacial score (nSPS) is 17.0. The van der Waals surface area contributed by atoms with Crippen LogP contribution >= 0.6 is 0 Å². The van der Waals surface area contributed by atoms with Gasteiger partial charge in [0.2, 0.25) is 11.8 Å². The molecule has 2 aromatic carbocycles. The third kappa shape index (κ3) is 3.15. The molecule has 0 bridgehead atoms. The zero-order chi connectivity index (χ0) is 19.1. The fraction of sp³-hybridized carbons (Fsp3) is 0.222. The molecule has 0 radical (unpaired) electrons. The minimum absolute atomic E-state index is 0.0179. The molecule has 26 heavy (non-hydrogen) atoms. The predicted molar refractivity (Wildman–Crippen MR) is 99.6 cm³/mol. The first-order valence-corrected chi connectivity index (χ1v) is 9.45. The van der Waals surface area contributed by atoms with Gasteiger partial charge in [-0.05, 0) is 49.7 Å². The van der Waals surface area contributed by atoms with E-state index in [4.69, 9.17) is 0 Å². The average molecular weight is 373 g/mol. The van der Waals surface area contributed by atoms with Crippen molar-refractivity contribution in [3.05, 3.63) is 48.0 Å². The smallest absolute Gasteiger partial charge is 0.264 e. The van der Waals surface area contributed by atoms with Crippen molar-refractivity contribution in [2.24, 2.45) is 5.92 Å². The molecule has 1 atom stereocenters.